The van der Waals surface area contributed by atoms with Gasteiger partial charge < -0.3 is 0 Å². The van der Waals surface area contributed by atoms with Gasteiger partial charge in [-0.05, 0) is 38.1 Å². The summed E-state index contributed by atoms with van der Waals surface area (Å²) in [6, 6.07) is 0. The molecule has 2 fully saturated rings. The molecule has 0 aliphatic heterocycles. The average molecular weight is 217 g/mol. The molecule has 0 aromatic rings. The number of sulfonamides is 1. The van der Waals surface area contributed by atoms with Crippen molar-refractivity contribution in [2.24, 2.45) is 5.41 Å². The van der Waals surface area contributed by atoms with Gasteiger partial charge in [0.25, 0.3) is 0 Å². The molecule has 0 bridgehead atoms. The molecule has 0 heterocycles. The van der Waals surface area contributed by atoms with E-state index in [-0.39, 0.29) is 10.7 Å². The van der Waals surface area contributed by atoms with Gasteiger partial charge in [0.1, 0.15) is 0 Å². The van der Waals surface area contributed by atoms with Crippen molar-refractivity contribution < 1.29 is 8.42 Å². The molecule has 3 nitrogen and oxygen atoms in total. The normalized spacial score (nSPS) is 31.4. The molecule has 2 aliphatic rings. The zero-order valence-electron chi connectivity index (χ0n) is 8.75. The van der Waals surface area contributed by atoms with Gasteiger partial charge in [0.15, 0.2) is 0 Å². The number of hydrogen-bond donors (Lipinski definition) is 1. The number of nitrogens with one attached hydrogen (secondary N) is 1. The Morgan fingerprint density at radius 2 is 1.79 bits per heavy atom. The van der Waals surface area contributed by atoms with E-state index in [1.807, 2.05) is 0 Å². The lowest BCUT2D eigenvalue weighted by molar-refractivity contribution is 0.0825. The summed E-state index contributed by atoms with van der Waals surface area (Å²) in [5, 5.41) is -0.0969. The minimum Gasteiger partial charge on any atom is -0.218 e. The van der Waals surface area contributed by atoms with Gasteiger partial charge in [0.2, 0.25) is 10.0 Å². The SMILES string of the molecule is CNS(=O)(=O)C1CCC12CCCCC2. The van der Waals surface area contributed by atoms with Gasteiger partial charge >= 0.3 is 0 Å². The smallest absolute Gasteiger partial charge is 0.214 e. The van der Waals surface area contributed by atoms with Crippen LogP contribution in [-0.2, 0) is 10.0 Å². The second-order valence-corrected chi connectivity index (χ2v) is 6.77. The fourth-order valence-electron chi connectivity index (χ4n) is 3.12. The number of hydrogen-bond acceptors (Lipinski definition) is 2. The van der Waals surface area contributed by atoms with Crippen LogP contribution in [0.2, 0.25) is 0 Å². The van der Waals surface area contributed by atoms with E-state index in [1.54, 1.807) is 0 Å². The molecule has 0 amide bonds. The average Bonchev–Trinajstić information content (AvgIpc) is 2.17. The first-order chi connectivity index (χ1) is 6.61. The lowest BCUT2D eigenvalue weighted by Crippen LogP contribution is -2.53. The molecule has 14 heavy (non-hydrogen) atoms. The molecule has 1 spiro atoms. The van der Waals surface area contributed by atoms with E-state index in [4.69, 9.17) is 0 Å². The fraction of sp³-hybridized carbons (Fsp3) is 1.00. The van der Waals surface area contributed by atoms with Crippen LogP contribution in [0.4, 0.5) is 0 Å². The lowest BCUT2D eigenvalue weighted by atomic mass is 9.60. The van der Waals surface area contributed by atoms with Crippen LogP contribution in [0.1, 0.15) is 44.9 Å². The Balaban J connectivity index is 2.15. The van der Waals surface area contributed by atoms with E-state index in [0.29, 0.717) is 0 Å². The van der Waals surface area contributed by atoms with Crippen molar-refractivity contribution in [2.45, 2.75) is 50.2 Å². The Hall–Kier alpha value is -0.0900. The van der Waals surface area contributed by atoms with Gasteiger partial charge in [-0.15, -0.1) is 0 Å². The maximum Gasteiger partial charge on any atom is 0.214 e. The molecular weight excluding hydrogens is 198 g/mol. The van der Waals surface area contributed by atoms with Crippen LogP contribution in [0.3, 0.4) is 0 Å². The van der Waals surface area contributed by atoms with Crippen molar-refractivity contribution in [1.82, 2.24) is 4.72 Å². The molecule has 4 heteroatoms. The molecule has 0 saturated heterocycles. The Labute approximate surface area is 86.3 Å². The van der Waals surface area contributed by atoms with E-state index in [9.17, 15) is 8.42 Å². The highest BCUT2D eigenvalue weighted by atomic mass is 32.2. The summed E-state index contributed by atoms with van der Waals surface area (Å²) >= 11 is 0. The van der Waals surface area contributed by atoms with E-state index in [0.717, 1.165) is 25.7 Å². The van der Waals surface area contributed by atoms with E-state index >= 15 is 0 Å². The van der Waals surface area contributed by atoms with Crippen molar-refractivity contribution >= 4 is 10.0 Å². The molecule has 2 aliphatic carbocycles. The first-order valence-electron chi connectivity index (χ1n) is 5.53. The summed E-state index contributed by atoms with van der Waals surface area (Å²) in [4.78, 5) is 0. The molecule has 1 N–H and O–H groups in total. The fourth-order valence-corrected chi connectivity index (χ4v) is 4.85. The van der Waals surface area contributed by atoms with Gasteiger partial charge in [-0.25, -0.2) is 13.1 Å². The molecule has 1 unspecified atom stereocenters. The Bertz CT molecular complexity index is 304. The van der Waals surface area contributed by atoms with Gasteiger partial charge in [0.05, 0.1) is 5.25 Å². The highest BCUT2D eigenvalue weighted by Crippen LogP contribution is 2.54. The summed E-state index contributed by atoms with van der Waals surface area (Å²) in [5.41, 5.74) is 0.153. The van der Waals surface area contributed by atoms with Gasteiger partial charge in [-0.1, -0.05) is 19.3 Å². The van der Waals surface area contributed by atoms with E-state index < -0.39 is 10.0 Å². The summed E-state index contributed by atoms with van der Waals surface area (Å²) in [7, 11) is -1.49. The van der Waals surface area contributed by atoms with Crippen LogP contribution in [0.15, 0.2) is 0 Å². The minimum absolute atomic E-state index is 0.0969. The summed E-state index contributed by atoms with van der Waals surface area (Å²) in [6.07, 6.45) is 7.96. The quantitative estimate of drug-likeness (QED) is 0.764. The van der Waals surface area contributed by atoms with Gasteiger partial charge in [0, 0.05) is 0 Å². The second kappa shape index (κ2) is 3.49. The third-order valence-corrected chi connectivity index (χ3v) is 6.15. The third-order valence-electron chi connectivity index (χ3n) is 4.10. The summed E-state index contributed by atoms with van der Waals surface area (Å²) in [6.45, 7) is 0. The van der Waals surface area contributed by atoms with Crippen LogP contribution in [0, 0.1) is 5.41 Å². The Morgan fingerprint density at radius 1 is 1.14 bits per heavy atom. The summed E-state index contributed by atoms with van der Waals surface area (Å²) in [5.74, 6) is 0. The highest BCUT2D eigenvalue weighted by Gasteiger charge is 2.52. The second-order valence-electron chi connectivity index (χ2n) is 4.70. The largest absolute Gasteiger partial charge is 0.218 e. The molecular formula is C10H19NO2S. The molecule has 0 aromatic carbocycles. The van der Waals surface area contributed by atoms with Crippen molar-refractivity contribution in [3.8, 4) is 0 Å². The minimum atomic E-state index is -3.02. The zero-order valence-corrected chi connectivity index (χ0v) is 9.57. The van der Waals surface area contributed by atoms with Gasteiger partial charge in [-0.3, -0.25) is 0 Å². The predicted octanol–water partition coefficient (Wildman–Crippen LogP) is 1.65. The van der Waals surface area contributed by atoms with Crippen molar-refractivity contribution in [3.63, 3.8) is 0 Å². The first-order valence-corrected chi connectivity index (χ1v) is 7.08. The topological polar surface area (TPSA) is 46.2 Å². The number of rotatable bonds is 2. The molecule has 82 valence electrons. The van der Waals surface area contributed by atoms with E-state index in [2.05, 4.69) is 4.72 Å². The standard InChI is InChI=1S/C10H19NO2S/c1-11-14(12,13)9-5-8-10(9)6-3-2-4-7-10/h9,11H,2-8H2,1H3. The zero-order chi connectivity index (χ0) is 10.2. The Morgan fingerprint density at radius 3 is 2.21 bits per heavy atom. The third kappa shape index (κ3) is 1.48. The van der Waals surface area contributed by atoms with E-state index in [1.165, 1.54) is 26.3 Å². The van der Waals surface area contributed by atoms with Crippen molar-refractivity contribution in [2.75, 3.05) is 7.05 Å². The molecule has 2 rings (SSSR count). The molecule has 1 atom stereocenters. The van der Waals surface area contributed by atoms with Crippen molar-refractivity contribution in [3.05, 3.63) is 0 Å². The van der Waals surface area contributed by atoms with Crippen LogP contribution < -0.4 is 4.72 Å². The summed E-state index contributed by atoms with van der Waals surface area (Å²) < 4.78 is 26.0. The van der Waals surface area contributed by atoms with Crippen LogP contribution in [0.5, 0.6) is 0 Å². The van der Waals surface area contributed by atoms with Crippen molar-refractivity contribution in [1.29, 1.82) is 0 Å². The predicted molar refractivity (Wildman–Crippen MR) is 56.5 cm³/mol. The van der Waals surface area contributed by atoms with Gasteiger partial charge in [-0.2, -0.15) is 0 Å². The highest BCUT2D eigenvalue weighted by molar-refractivity contribution is 7.90. The maximum atomic E-state index is 11.7. The molecule has 2 saturated carbocycles. The maximum absolute atomic E-state index is 11.7. The Kier molecular flexibility index (Phi) is 2.60. The van der Waals surface area contributed by atoms with Crippen LogP contribution in [0.25, 0.3) is 0 Å². The lowest BCUT2D eigenvalue weighted by Gasteiger charge is -2.51. The molecule has 0 radical (unpaired) electrons. The first kappa shape index (κ1) is 10.4. The van der Waals surface area contributed by atoms with Crippen LogP contribution >= 0.6 is 0 Å². The molecule has 0 aromatic heterocycles. The monoisotopic (exact) mass is 217 g/mol. The van der Waals surface area contributed by atoms with Crippen LogP contribution in [-0.4, -0.2) is 20.7 Å².